The molecule has 7 unspecified atom stereocenters. The second-order valence-electron chi connectivity index (χ2n) is 23.5. The first-order valence-electron chi connectivity index (χ1n) is 33.8. The Bertz CT molecular complexity index is 1410. The molecule has 1 heterocycles. The molecule has 0 aliphatic carbocycles. The largest absolute Gasteiger partial charge is 0.466 e. The van der Waals surface area contributed by atoms with Gasteiger partial charge in [-0.3, -0.25) is 9.59 Å². The first-order valence-corrected chi connectivity index (χ1v) is 33.8. The van der Waals surface area contributed by atoms with Crippen LogP contribution in [0.2, 0.25) is 0 Å². The number of hydrogen-bond donors (Lipinski definition) is 6. The van der Waals surface area contributed by atoms with Crippen molar-refractivity contribution in [1.29, 1.82) is 0 Å². The van der Waals surface area contributed by atoms with E-state index in [1.54, 1.807) is 6.08 Å². The highest BCUT2D eigenvalue weighted by Crippen LogP contribution is 2.23. The Hall–Kier alpha value is -2.12. The topological polar surface area (TPSA) is 175 Å². The highest BCUT2D eigenvalue weighted by molar-refractivity contribution is 5.76. The number of allylic oxidation sites excluding steroid dienone is 5. The van der Waals surface area contributed by atoms with Crippen LogP contribution in [-0.4, -0.2) is 100 Å². The molecule has 11 nitrogen and oxygen atoms in total. The summed E-state index contributed by atoms with van der Waals surface area (Å²) in [5, 5.41) is 54.3. The molecule has 0 bridgehead atoms. The molecule has 0 aromatic carbocycles. The number of ether oxygens (including phenoxy) is 3. The molecule has 6 N–H and O–H groups in total. The van der Waals surface area contributed by atoms with Crippen molar-refractivity contribution in [1.82, 2.24) is 5.32 Å². The van der Waals surface area contributed by atoms with Crippen molar-refractivity contribution >= 4 is 11.9 Å². The summed E-state index contributed by atoms with van der Waals surface area (Å²) in [7, 11) is 0. The highest BCUT2D eigenvalue weighted by atomic mass is 16.7. The van der Waals surface area contributed by atoms with Gasteiger partial charge in [0.05, 0.1) is 32.0 Å². The lowest BCUT2D eigenvalue weighted by molar-refractivity contribution is -0.302. The Morgan fingerprint density at radius 3 is 1.29 bits per heavy atom. The zero-order valence-electron chi connectivity index (χ0n) is 51.3. The monoisotopic (exact) mass is 1120 g/mol. The minimum absolute atomic E-state index is 0.00291. The first-order chi connectivity index (χ1) is 38.7. The molecule has 1 amide bonds. The molecule has 79 heavy (non-hydrogen) atoms. The normalized spacial score (nSPS) is 18.6. The molecular weight excluding hydrogens is 991 g/mol. The van der Waals surface area contributed by atoms with Crippen LogP contribution in [0.15, 0.2) is 36.5 Å². The predicted molar refractivity (Wildman–Crippen MR) is 329 cm³/mol. The molecule has 0 spiro atoms. The van der Waals surface area contributed by atoms with Gasteiger partial charge in [0, 0.05) is 12.8 Å². The average Bonchev–Trinajstić information content (AvgIpc) is 3.47. The van der Waals surface area contributed by atoms with E-state index in [2.05, 4.69) is 43.5 Å². The Kier molecular flexibility index (Phi) is 54.7. The predicted octanol–water partition coefficient (Wildman–Crippen LogP) is 16.6. The summed E-state index contributed by atoms with van der Waals surface area (Å²) in [5.74, 6) is -0.185. The average molecular weight is 1120 g/mol. The summed E-state index contributed by atoms with van der Waals surface area (Å²) >= 11 is 0. The van der Waals surface area contributed by atoms with Crippen molar-refractivity contribution in [2.75, 3.05) is 19.8 Å². The number of esters is 1. The number of carbonyl (C=O) groups is 2. The molecule has 1 fully saturated rings. The molecule has 0 saturated carbocycles. The lowest BCUT2D eigenvalue weighted by Gasteiger charge is -2.40. The Balaban J connectivity index is 1.93. The summed E-state index contributed by atoms with van der Waals surface area (Å²) in [6, 6.07) is -0.808. The standard InChI is InChI=1S/C68H127NO10/c1-3-5-7-9-11-13-14-15-16-17-27-30-33-36-40-44-48-52-56-64(73)77-57-53-49-45-41-37-34-31-28-25-23-21-19-18-20-22-24-26-29-32-35-39-43-47-51-55-63(72)69-60(61(71)54-50-46-42-38-12-10-8-6-4-2)59-78-68-67(76)66(75)65(74)62(58-70)79-68/h13-14,16-17,50,54,60-62,65-68,70-71,74-76H,3-12,15,18-49,51-53,55-59H2,1-2H3,(H,69,72)/b14-13-,17-16-,54-50+. The number of amides is 1. The minimum Gasteiger partial charge on any atom is -0.466 e. The van der Waals surface area contributed by atoms with Crippen LogP contribution in [0.5, 0.6) is 0 Å². The molecule has 11 heteroatoms. The Labute approximate surface area is 485 Å². The SMILES string of the molecule is CCCCCC/C=C\C/C=C\CCCCCCCCCC(=O)OCCCCCCCCCCCCCCCCCCCCCCCCCCC(=O)NC(COC1OC(CO)C(O)C(O)C1O)C(O)/C=C/CCCCCCCCC. The second-order valence-corrected chi connectivity index (χ2v) is 23.5. The Morgan fingerprint density at radius 1 is 0.468 bits per heavy atom. The van der Waals surface area contributed by atoms with Gasteiger partial charge in [-0.2, -0.15) is 0 Å². The van der Waals surface area contributed by atoms with Crippen molar-refractivity contribution in [2.24, 2.45) is 0 Å². The maximum absolute atomic E-state index is 13.0. The smallest absolute Gasteiger partial charge is 0.305 e. The number of unbranched alkanes of at least 4 members (excludes halogenated alkanes) is 41. The summed E-state index contributed by atoms with van der Waals surface area (Å²) in [6.07, 6.45) is 62.7. The molecule has 0 aromatic heterocycles. The Morgan fingerprint density at radius 2 is 0.848 bits per heavy atom. The van der Waals surface area contributed by atoms with E-state index in [9.17, 15) is 35.1 Å². The molecule has 1 saturated heterocycles. The van der Waals surface area contributed by atoms with Gasteiger partial charge in [-0.25, -0.2) is 0 Å². The van der Waals surface area contributed by atoms with E-state index in [4.69, 9.17) is 14.2 Å². The number of rotatable bonds is 59. The van der Waals surface area contributed by atoms with Gasteiger partial charge in [-0.1, -0.05) is 281 Å². The van der Waals surface area contributed by atoms with E-state index in [1.165, 1.54) is 231 Å². The van der Waals surface area contributed by atoms with Crippen molar-refractivity contribution in [3.8, 4) is 0 Å². The molecule has 1 rings (SSSR count). The third-order valence-electron chi connectivity index (χ3n) is 16.0. The van der Waals surface area contributed by atoms with Crippen LogP contribution in [0.4, 0.5) is 0 Å². The summed E-state index contributed by atoms with van der Waals surface area (Å²) in [4.78, 5) is 25.1. The molecule has 0 aromatic rings. The van der Waals surface area contributed by atoms with Crippen LogP contribution >= 0.6 is 0 Å². The minimum atomic E-state index is -1.57. The third kappa shape index (κ3) is 47.0. The number of nitrogens with one attached hydrogen (secondary N) is 1. The maximum atomic E-state index is 13.0. The van der Waals surface area contributed by atoms with Gasteiger partial charge < -0.3 is 45.1 Å². The van der Waals surface area contributed by atoms with E-state index < -0.39 is 49.5 Å². The van der Waals surface area contributed by atoms with Crippen molar-refractivity contribution in [3.05, 3.63) is 36.5 Å². The molecule has 1 aliphatic rings. The highest BCUT2D eigenvalue weighted by Gasteiger charge is 2.44. The van der Waals surface area contributed by atoms with Crippen molar-refractivity contribution in [2.45, 2.75) is 365 Å². The van der Waals surface area contributed by atoms with Gasteiger partial charge in [0.2, 0.25) is 5.91 Å². The molecule has 0 radical (unpaired) electrons. The van der Waals surface area contributed by atoms with Gasteiger partial charge in [-0.05, 0) is 64.2 Å². The van der Waals surface area contributed by atoms with Gasteiger partial charge >= 0.3 is 5.97 Å². The summed E-state index contributed by atoms with van der Waals surface area (Å²) in [6.45, 7) is 4.31. The van der Waals surface area contributed by atoms with E-state index in [-0.39, 0.29) is 18.5 Å². The van der Waals surface area contributed by atoms with Gasteiger partial charge in [-0.15, -0.1) is 0 Å². The number of hydrogen-bond acceptors (Lipinski definition) is 10. The van der Waals surface area contributed by atoms with Crippen molar-refractivity contribution in [3.63, 3.8) is 0 Å². The van der Waals surface area contributed by atoms with Crippen LogP contribution < -0.4 is 5.32 Å². The second kappa shape index (κ2) is 57.7. The van der Waals surface area contributed by atoms with E-state index in [1.807, 2.05) is 6.08 Å². The number of aliphatic hydroxyl groups excluding tert-OH is 5. The fourth-order valence-electron chi connectivity index (χ4n) is 10.6. The maximum Gasteiger partial charge on any atom is 0.305 e. The van der Waals surface area contributed by atoms with E-state index in [0.29, 0.717) is 19.4 Å². The molecular formula is C68H127NO10. The quantitative estimate of drug-likeness (QED) is 0.0195. The summed E-state index contributed by atoms with van der Waals surface area (Å²) in [5.41, 5.74) is 0. The van der Waals surface area contributed by atoms with Crippen LogP contribution in [0.3, 0.4) is 0 Å². The van der Waals surface area contributed by atoms with Crippen LogP contribution in [0, 0.1) is 0 Å². The van der Waals surface area contributed by atoms with Gasteiger partial charge in [0.1, 0.15) is 24.4 Å². The van der Waals surface area contributed by atoms with E-state index in [0.717, 1.165) is 64.2 Å². The van der Waals surface area contributed by atoms with Crippen LogP contribution in [0.1, 0.15) is 322 Å². The number of aliphatic hydroxyl groups is 5. The van der Waals surface area contributed by atoms with E-state index >= 15 is 0 Å². The fourth-order valence-corrected chi connectivity index (χ4v) is 10.6. The zero-order chi connectivity index (χ0) is 57.3. The van der Waals surface area contributed by atoms with Crippen LogP contribution in [0.25, 0.3) is 0 Å². The van der Waals surface area contributed by atoms with Gasteiger partial charge in [0.15, 0.2) is 6.29 Å². The zero-order valence-corrected chi connectivity index (χ0v) is 51.3. The van der Waals surface area contributed by atoms with Crippen LogP contribution in [-0.2, 0) is 23.8 Å². The molecule has 7 atom stereocenters. The van der Waals surface area contributed by atoms with Crippen molar-refractivity contribution < 1.29 is 49.3 Å². The first kappa shape index (κ1) is 74.9. The lowest BCUT2D eigenvalue weighted by atomic mass is 9.99. The molecule has 464 valence electrons. The summed E-state index contributed by atoms with van der Waals surface area (Å²) < 4.78 is 16.7. The third-order valence-corrected chi connectivity index (χ3v) is 16.0. The number of carbonyl (C=O) groups excluding carboxylic acids is 2. The van der Waals surface area contributed by atoms with Gasteiger partial charge in [0.25, 0.3) is 0 Å². The lowest BCUT2D eigenvalue weighted by Crippen LogP contribution is -2.60. The molecule has 1 aliphatic heterocycles. The fraction of sp³-hybridized carbons (Fsp3) is 0.882.